The minimum Gasteiger partial charge on any atom is -0.351 e. The van der Waals surface area contributed by atoms with E-state index in [0.29, 0.717) is 42.1 Å². The predicted octanol–water partition coefficient (Wildman–Crippen LogP) is 0.811. The van der Waals surface area contributed by atoms with Crippen LogP contribution in [0.2, 0.25) is 0 Å². The molecule has 3 rings (SSSR count). The molecule has 0 radical (unpaired) electrons. The summed E-state index contributed by atoms with van der Waals surface area (Å²) < 4.78 is 0. The van der Waals surface area contributed by atoms with Gasteiger partial charge in [-0.1, -0.05) is 6.92 Å². The van der Waals surface area contributed by atoms with Crippen LogP contribution in [0.3, 0.4) is 0 Å². The number of carbonyl (C=O) groups is 2. The lowest BCUT2D eigenvalue weighted by molar-refractivity contribution is -0.121. The third-order valence-corrected chi connectivity index (χ3v) is 3.92. The highest BCUT2D eigenvalue weighted by Gasteiger charge is 2.29. The summed E-state index contributed by atoms with van der Waals surface area (Å²) in [4.78, 5) is 37.6. The molecular formula is C16H22N6O2. The van der Waals surface area contributed by atoms with Crippen molar-refractivity contribution in [3.63, 3.8) is 0 Å². The first-order valence-electron chi connectivity index (χ1n) is 8.17. The topological polar surface area (TPSA) is 103 Å². The number of aromatic amines is 1. The van der Waals surface area contributed by atoms with Crippen molar-refractivity contribution in [2.75, 3.05) is 18.0 Å². The van der Waals surface area contributed by atoms with E-state index in [0.717, 1.165) is 0 Å². The van der Waals surface area contributed by atoms with Gasteiger partial charge in [-0.25, -0.2) is 9.97 Å². The number of anilines is 1. The maximum atomic E-state index is 12.2. The zero-order valence-corrected chi connectivity index (χ0v) is 14.1. The number of H-pyrrole nitrogens is 1. The molecule has 8 heteroatoms. The minimum absolute atomic E-state index is 0.0527. The van der Waals surface area contributed by atoms with Crippen LogP contribution in [0.4, 0.5) is 5.82 Å². The largest absolute Gasteiger partial charge is 0.351 e. The summed E-state index contributed by atoms with van der Waals surface area (Å²) in [6.45, 7) is 7.05. The van der Waals surface area contributed by atoms with Gasteiger partial charge in [0.25, 0.3) is 5.91 Å². The summed E-state index contributed by atoms with van der Waals surface area (Å²) >= 11 is 0. The molecule has 0 unspecified atom stereocenters. The van der Waals surface area contributed by atoms with Crippen molar-refractivity contribution in [1.29, 1.82) is 0 Å². The third kappa shape index (κ3) is 3.17. The molecule has 2 aromatic heterocycles. The average molecular weight is 330 g/mol. The predicted molar refractivity (Wildman–Crippen MR) is 90.9 cm³/mol. The van der Waals surface area contributed by atoms with Gasteiger partial charge in [0, 0.05) is 31.7 Å². The zero-order chi connectivity index (χ0) is 17.3. The van der Waals surface area contributed by atoms with Gasteiger partial charge in [-0.05, 0) is 13.8 Å². The highest BCUT2D eigenvalue weighted by molar-refractivity contribution is 6.04. The van der Waals surface area contributed by atoms with Crippen molar-refractivity contribution in [3.8, 4) is 0 Å². The Kier molecular flexibility index (Phi) is 4.37. The monoisotopic (exact) mass is 330 g/mol. The Morgan fingerprint density at radius 2 is 2.17 bits per heavy atom. The normalized spacial score (nSPS) is 14.8. The molecule has 0 aliphatic carbocycles. The van der Waals surface area contributed by atoms with Gasteiger partial charge in [-0.3, -0.25) is 9.59 Å². The smallest absolute Gasteiger partial charge is 0.255 e. The molecule has 8 nitrogen and oxygen atoms in total. The Labute approximate surface area is 140 Å². The molecule has 24 heavy (non-hydrogen) atoms. The molecule has 0 atom stereocenters. The van der Waals surface area contributed by atoms with E-state index in [2.05, 4.69) is 25.6 Å². The van der Waals surface area contributed by atoms with Crippen LogP contribution in [-0.4, -0.2) is 51.9 Å². The Balaban J connectivity index is 1.74. The van der Waals surface area contributed by atoms with Crippen molar-refractivity contribution in [2.24, 2.45) is 0 Å². The molecule has 1 saturated heterocycles. The molecule has 0 aromatic carbocycles. The number of carbonyl (C=O) groups excluding carboxylic acids is 2. The van der Waals surface area contributed by atoms with Crippen LogP contribution in [0.25, 0.3) is 11.2 Å². The molecule has 3 N–H and O–H groups in total. The number of rotatable bonds is 5. The van der Waals surface area contributed by atoms with Crippen LogP contribution < -0.4 is 15.5 Å². The van der Waals surface area contributed by atoms with Gasteiger partial charge in [-0.15, -0.1) is 0 Å². The van der Waals surface area contributed by atoms with Crippen LogP contribution in [0.15, 0.2) is 12.4 Å². The molecule has 2 amide bonds. The second-order valence-corrected chi connectivity index (χ2v) is 6.28. The molecule has 3 heterocycles. The van der Waals surface area contributed by atoms with E-state index >= 15 is 0 Å². The van der Waals surface area contributed by atoms with E-state index in [4.69, 9.17) is 0 Å². The first-order chi connectivity index (χ1) is 11.5. The fourth-order valence-electron chi connectivity index (χ4n) is 2.63. The van der Waals surface area contributed by atoms with E-state index < -0.39 is 0 Å². The highest BCUT2D eigenvalue weighted by Crippen LogP contribution is 2.22. The van der Waals surface area contributed by atoms with Crippen LogP contribution in [-0.2, 0) is 4.79 Å². The van der Waals surface area contributed by atoms with Gasteiger partial charge in [0.05, 0.1) is 17.8 Å². The number of nitrogens with zero attached hydrogens (tertiary/aromatic N) is 3. The van der Waals surface area contributed by atoms with Gasteiger partial charge in [-0.2, -0.15) is 0 Å². The summed E-state index contributed by atoms with van der Waals surface area (Å²) in [7, 11) is 0. The van der Waals surface area contributed by atoms with E-state index in [1.807, 2.05) is 25.7 Å². The summed E-state index contributed by atoms with van der Waals surface area (Å²) in [5.41, 5.74) is 1.64. The summed E-state index contributed by atoms with van der Waals surface area (Å²) in [5.74, 6) is 0.599. The minimum atomic E-state index is -0.167. The Hall–Kier alpha value is -2.64. The first kappa shape index (κ1) is 16.2. The van der Waals surface area contributed by atoms with Gasteiger partial charge in [0.2, 0.25) is 5.91 Å². The molecule has 0 spiro atoms. The highest BCUT2D eigenvalue weighted by atomic mass is 16.2. The summed E-state index contributed by atoms with van der Waals surface area (Å²) in [6, 6.07) is 0.196. The lowest BCUT2D eigenvalue weighted by Crippen LogP contribution is -2.59. The molecule has 1 fully saturated rings. The Bertz CT molecular complexity index is 763. The second kappa shape index (κ2) is 6.46. The first-order valence-corrected chi connectivity index (χ1v) is 8.17. The van der Waals surface area contributed by atoms with Gasteiger partial charge in [0.1, 0.15) is 11.3 Å². The number of aromatic nitrogens is 3. The lowest BCUT2D eigenvalue weighted by atomic mass is 10.1. The Morgan fingerprint density at radius 1 is 1.42 bits per heavy atom. The van der Waals surface area contributed by atoms with E-state index in [9.17, 15) is 9.59 Å². The average Bonchev–Trinajstić information content (AvgIpc) is 2.92. The summed E-state index contributed by atoms with van der Waals surface area (Å²) in [6.07, 6.45) is 3.80. The van der Waals surface area contributed by atoms with E-state index in [1.165, 1.54) is 0 Å². The standard InChI is InChI=1S/C16H22N6O2/c1-4-13(23)20-10-7-22(8-10)12-6-18-15-14(21-12)11(5-17-15)16(24)19-9(2)3/h5-6,9-10H,4,7-8H2,1-3H3,(H,17,18)(H,19,24)(H,20,23). The number of amides is 2. The number of nitrogens with one attached hydrogen (secondary N) is 3. The van der Waals surface area contributed by atoms with Crippen LogP contribution in [0.1, 0.15) is 37.6 Å². The second-order valence-electron chi connectivity index (χ2n) is 6.28. The molecule has 2 aromatic rings. The van der Waals surface area contributed by atoms with Crippen molar-refractivity contribution in [2.45, 2.75) is 39.3 Å². The van der Waals surface area contributed by atoms with Crippen molar-refractivity contribution >= 4 is 28.8 Å². The fourth-order valence-corrected chi connectivity index (χ4v) is 2.63. The van der Waals surface area contributed by atoms with E-state index in [1.54, 1.807) is 12.4 Å². The summed E-state index contributed by atoms with van der Waals surface area (Å²) in [5, 5.41) is 5.81. The molecule has 128 valence electrons. The van der Waals surface area contributed by atoms with Crippen LogP contribution in [0, 0.1) is 0 Å². The SMILES string of the molecule is CCC(=O)NC1CN(c2cnc3[nH]cc(C(=O)NC(C)C)c3n2)C1. The van der Waals surface area contributed by atoms with Gasteiger partial charge < -0.3 is 20.5 Å². The van der Waals surface area contributed by atoms with Crippen molar-refractivity contribution in [3.05, 3.63) is 18.0 Å². The fraction of sp³-hybridized carbons (Fsp3) is 0.500. The van der Waals surface area contributed by atoms with Crippen molar-refractivity contribution < 1.29 is 9.59 Å². The number of hydrogen-bond acceptors (Lipinski definition) is 5. The lowest BCUT2D eigenvalue weighted by Gasteiger charge is -2.40. The van der Waals surface area contributed by atoms with E-state index in [-0.39, 0.29) is 23.9 Å². The number of hydrogen-bond donors (Lipinski definition) is 3. The molecule has 0 bridgehead atoms. The molecule has 1 aliphatic rings. The van der Waals surface area contributed by atoms with Gasteiger partial charge in [0.15, 0.2) is 5.65 Å². The number of fused-ring (bicyclic) bond motifs is 1. The molecular weight excluding hydrogens is 308 g/mol. The van der Waals surface area contributed by atoms with Crippen LogP contribution in [0.5, 0.6) is 0 Å². The van der Waals surface area contributed by atoms with Gasteiger partial charge >= 0.3 is 0 Å². The molecule has 0 saturated carbocycles. The molecule has 1 aliphatic heterocycles. The maximum Gasteiger partial charge on any atom is 0.255 e. The third-order valence-electron chi connectivity index (χ3n) is 3.92. The zero-order valence-electron chi connectivity index (χ0n) is 14.1. The Morgan fingerprint density at radius 3 is 2.83 bits per heavy atom. The van der Waals surface area contributed by atoms with Crippen LogP contribution >= 0.6 is 0 Å². The quantitative estimate of drug-likeness (QED) is 0.753. The van der Waals surface area contributed by atoms with Crippen molar-refractivity contribution in [1.82, 2.24) is 25.6 Å². The maximum absolute atomic E-state index is 12.2.